The van der Waals surface area contributed by atoms with Crippen LogP contribution in [0.4, 0.5) is 5.69 Å². The van der Waals surface area contributed by atoms with E-state index in [0.29, 0.717) is 6.61 Å². The van der Waals surface area contributed by atoms with Crippen molar-refractivity contribution in [3.8, 4) is 5.75 Å². The van der Waals surface area contributed by atoms with Crippen molar-refractivity contribution >= 4 is 5.69 Å². The van der Waals surface area contributed by atoms with Crippen molar-refractivity contribution in [2.24, 2.45) is 0 Å². The Morgan fingerprint density at radius 2 is 1.48 bits per heavy atom. The van der Waals surface area contributed by atoms with E-state index in [1.807, 2.05) is 60.7 Å². The first kappa shape index (κ1) is 20.8. The van der Waals surface area contributed by atoms with Crippen molar-refractivity contribution in [3.05, 3.63) is 92.2 Å². The Morgan fingerprint density at radius 3 is 2.10 bits per heavy atom. The lowest BCUT2D eigenvalue weighted by atomic mass is 9.95. The van der Waals surface area contributed by atoms with Crippen molar-refractivity contribution in [1.29, 1.82) is 0 Å². The molecule has 0 saturated carbocycles. The molecule has 3 rings (SSSR count). The number of aliphatic hydroxyl groups is 1. The topological polar surface area (TPSA) is 75.6 Å². The number of benzene rings is 2. The summed E-state index contributed by atoms with van der Waals surface area (Å²) in [6.07, 6.45) is 3.18. The van der Waals surface area contributed by atoms with Gasteiger partial charge in [-0.15, -0.1) is 0 Å². The molecule has 29 heavy (non-hydrogen) atoms. The van der Waals surface area contributed by atoms with E-state index in [0.717, 1.165) is 36.8 Å². The van der Waals surface area contributed by atoms with Crippen molar-refractivity contribution < 1.29 is 9.84 Å². The van der Waals surface area contributed by atoms with Gasteiger partial charge in [-0.2, -0.15) is 0 Å². The summed E-state index contributed by atoms with van der Waals surface area (Å²) in [6, 6.07) is 18.0. The first-order chi connectivity index (χ1) is 14.1. The number of nitrogens with one attached hydrogen (secondary N) is 1. The molecule has 0 bridgehead atoms. The molecule has 2 N–H and O–H groups in total. The monoisotopic (exact) mass is 393 g/mol. The van der Waals surface area contributed by atoms with E-state index in [9.17, 15) is 14.7 Å². The molecule has 0 heterocycles. The fraction of sp³-hybridized carbons (Fsp3) is 0.333. The van der Waals surface area contributed by atoms with Crippen molar-refractivity contribution in [1.82, 2.24) is 0 Å². The molecule has 5 heteroatoms. The molecular formula is C24H27NO4. The van der Waals surface area contributed by atoms with Gasteiger partial charge in [-0.3, -0.25) is 9.59 Å². The van der Waals surface area contributed by atoms with Crippen molar-refractivity contribution in [3.63, 3.8) is 0 Å². The standard InChI is InChI=1S/C24H27NO4/c1-2-3-4-11-16-29-24-20(22(27)23(24)28)25-19(17-12-7-5-8-13-17)21(26)18-14-9-6-10-15-18/h5-10,12-15,19,21,25-26H,2-4,11,16H2,1H3/t19-,21+/m1/s1. The van der Waals surface area contributed by atoms with Gasteiger partial charge in [0.05, 0.1) is 12.6 Å². The summed E-state index contributed by atoms with van der Waals surface area (Å²) in [5.41, 5.74) is 0.466. The predicted molar refractivity (Wildman–Crippen MR) is 115 cm³/mol. The molecular weight excluding hydrogens is 366 g/mol. The zero-order chi connectivity index (χ0) is 20.6. The van der Waals surface area contributed by atoms with Crippen LogP contribution >= 0.6 is 0 Å². The van der Waals surface area contributed by atoms with Crippen LogP contribution in [-0.4, -0.2) is 11.7 Å². The molecule has 0 spiro atoms. The molecule has 0 fully saturated rings. The predicted octanol–water partition coefficient (Wildman–Crippen LogP) is 4.13. The largest absolute Gasteiger partial charge is 0.487 e. The summed E-state index contributed by atoms with van der Waals surface area (Å²) in [4.78, 5) is 24.2. The van der Waals surface area contributed by atoms with Crippen LogP contribution in [-0.2, 0) is 0 Å². The molecule has 0 aromatic heterocycles. The summed E-state index contributed by atoms with van der Waals surface area (Å²) in [7, 11) is 0. The third-order valence-corrected chi connectivity index (χ3v) is 5.03. The summed E-state index contributed by atoms with van der Waals surface area (Å²) >= 11 is 0. The maximum Gasteiger partial charge on any atom is 0.272 e. The number of ether oxygens (including phenoxy) is 1. The van der Waals surface area contributed by atoms with Gasteiger partial charge in [0.15, 0.2) is 5.75 Å². The maximum atomic E-state index is 12.2. The molecule has 0 saturated heterocycles. The zero-order valence-corrected chi connectivity index (χ0v) is 16.6. The van der Waals surface area contributed by atoms with E-state index in [-0.39, 0.29) is 11.4 Å². The third-order valence-electron chi connectivity index (χ3n) is 5.03. The van der Waals surface area contributed by atoms with Crippen LogP contribution in [0.2, 0.25) is 0 Å². The fourth-order valence-corrected chi connectivity index (χ4v) is 3.35. The molecule has 0 unspecified atom stereocenters. The van der Waals surface area contributed by atoms with Gasteiger partial charge in [0.25, 0.3) is 10.9 Å². The van der Waals surface area contributed by atoms with E-state index in [2.05, 4.69) is 12.2 Å². The first-order valence-electron chi connectivity index (χ1n) is 10.1. The van der Waals surface area contributed by atoms with Crippen LogP contribution in [0.15, 0.2) is 70.3 Å². The number of unbranched alkanes of at least 4 members (excludes halogenated alkanes) is 3. The summed E-state index contributed by atoms with van der Waals surface area (Å²) in [5, 5.41) is 14.1. The van der Waals surface area contributed by atoms with Gasteiger partial charge in [-0.25, -0.2) is 0 Å². The lowest BCUT2D eigenvalue weighted by molar-refractivity contribution is 0.154. The van der Waals surface area contributed by atoms with Crippen LogP contribution in [0, 0.1) is 0 Å². The summed E-state index contributed by atoms with van der Waals surface area (Å²) in [5.74, 6) is 0.0766. The minimum Gasteiger partial charge on any atom is -0.487 e. The molecule has 0 amide bonds. The summed E-state index contributed by atoms with van der Waals surface area (Å²) in [6.45, 7) is 2.53. The summed E-state index contributed by atoms with van der Waals surface area (Å²) < 4.78 is 5.61. The van der Waals surface area contributed by atoms with Crippen LogP contribution in [0.3, 0.4) is 0 Å². The molecule has 152 valence electrons. The highest BCUT2D eigenvalue weighted by atomic mass is 16.5. The highest BCUT2D eigenvalue weighted by molar-refractivity contribution is 5.63. The second-order valence-corrected chi connectivity index (χ2v) is 7.16. The molecule has 0 aliphatic rings. The van der Waals surface area contributed by atoms with E-state index >= 15 is 0 Å². The molecule has 3 aromatic carbocycles. The van der Waals surface area contributed by atoms with Crippen LogP contribution in [0.5, 0.6) is 5.75 Å². The average Bonchev–Trinajstić information content (AvgIpc) is 2.78. The minimum atomic E-state index is -0.902. The molecule has 5 nitrogen and oxygen atoms in total. The van der Waals surface area contributed by atoms with Gasteiger partial charge >= 0.3 is 0 Å². The smallest absolute Gasteiger partial charge is 0.272 e. The number of hydrogen-bond donors (Lipinski definition) is 2. The average molecular weight is 393 g/mol. The van der Waals surface area contributed by atoms with Gasteiger partial charge in [-0.1, -0.05) is 86.8 Å². The van der Waals surface area contributed by atoms with Gasteiger partial charge in [0, 0.05) is 0 Å². The Hall–Kier alpha value is -2.92. The number of aliphatic hydroxyl groups excluding tert-OH is 1. The van der Waals surface area contributed by atoms with Crippen LogP contribution in [0.1, 0.15) is 55.9 Å². The Balaban J connectivity index is 1.81. The quantitative estimate of drug-likeness (QED) is 0.378. The van der Waals surface area contributed by atoms with Gasteiger partial charge in [0.2, 0.25) is 0 Å². The fourth-order valence-electron chi connectivity index (χ4n) is 3.35. The Kier molecular flexibility index (Phi) is 7.19. The number of rotatable bonds is 11. The Bertz CT molecular complexity index is 962. The SMILES string of the molecule is CCCCCCOc1c(N[C@H](c2ccccc2)[C@@H](O)c2ccccc2)c(=O)c1=O. The number of anilines is 1. The van der Waals surface area contributed by atoms with Crippen molar-refractivity contribution in [2.45, 2.75) is 44.8 Å². The zero-order valence-electron chi connectivity index (χ0n) is 16.6. The number of hydrogen-bond acceptors (Lipinski definition) is 5. The molecule has 0 aliphatic heterocycles. The molecule has 0 radical (unpaired) electrons. The lowest BCUT2D eigenvalue weighted by Crippen LogP contribution is -2.37. The highest BCUT2D eigenvalue weighted by Gasteiger charge is 2.29. The van der Waals surface area contributed by atoms with E-state index in [4.69, 9.17) is 4.74 Å². The van der Waals surface area contributed by atoms with Gasteiger partial charge in [0.1, 0.15) is 11.8 Å². The second-order valence-electron chi connectivity index (χ2n) is 7.16. The van der Waals surface area contributed by atoms with Gasteiger partial charge in [-0.05, 0) is 17.5 Å². The lowest BCUT2D eigenvalue weighted by Gasteiger charge is -2.27. The van der Waals surface area contributed by atoms with E-state index < -0.39 is 23.0 Å². The molecule has 0 aliphatic carbocycles. The normalized spacial score (nSPS) is 13.2. The van der Waals surface area contributed by atoms with Crippen molar-refractivity contribution in [2.75, 3.05) is 11.9 Å². The van der Waals surface area contributed by atoms with E-state index in [1.165, 1.54) is 0 Å². The van der Waals surface area contributed by atoms with E-state index in [1.54, 1.807) is 0 Å². The second kappa shape index (κ2) is 10.0. The Labute approximate surface area is 170 Å². The maximum absolute atomic E-state index is 12.2. The first-order valence-corrected chi connectivity index (χ1v) is 10.1. The third kappa shape index (κ3) is 4.93. The Morgan fingerprint density at radius 1 is 0.862 bits per heavy atom. The van der Waals surface area contributed by atoms with Crippen LogP contribution < -0.4 is 20.9 Å². The van der Waals surface area contributed by atoms with Crippen LogP contribution in [0.25, 0.3) is 0 Å². The van der Waals surface area contributed by atoms with Gasteiger partial charge < -0.3 is 15.2 Å². The molecule has 2 atom stereocenters. The molecule has 3 aromatic rings. The minimum absolute atomic E-state index is 0.0766. The highest BCUT2D eigenvalue weighted by Crippen LogP contribution is 2.33.